The maximum absolute atomic E-state index is 10.7. The molecular weight excluding hydrogens is 315 g/mol. The molecule has 0 unspecified atom stereocenters. The quantitative estimate of drug-likeness (QED) is 0.611. The van der Waals surface area contributed by atoms with Gasteiger partial charge in [0.05, 0.1) is 22.9 Å². The average Bonchev–Trinajstić information content (AvgIpc) is 2.30. The lowest BCUT2D eigenvalue weighted by Gasteiger charge is -1.99. The molecule has 0 aromatic carbocycles. The van der Waals surface area contributed by atoms with Crippen LogP contribution in [0.4, 0.5) is 5.13 Å². The molecule has 1 aromatic rings. The second-order valence-electron chi connectivity index (χ2n) is 1.87. The Hall–Kier alpha value is -0.0000000000000000555. The Kier molecular flexibility index (Phi) is 2.85. The van der Waals surface area contributed by atoms with Crippen molar-refractivity contribution in [3.63, 3.8) is 0 Å². The number of primary sulfonamides is 1. The Labute approximate surface area is 87.3 Å². The van der Waals surface area contributed by atoms with Gasteiger partial charge in [0.15, 0.2) is 0 Å². The van der Waals surface area contributed by atoms with Crippen molar-refractivity contribution < 1.29 is 8.42 Å². The molecule has 68 valence electrons. The van der Waals surface area contributed by atoms with Crippen molar-refractivity contribution >= 4 is 49.4 Å². The number of anilines is 1. The van der Waals surface area contributed by atoms with Crippen LogP contribution in [-0.4, -0.2) is 25.7 Å². The second kappa shape index (κ2) is 3.40. The van der Waals surface area contributed by atoms with Crippen LogP contribution in [0.3, 0.4) is 0 Å². The summed E-state index contributed by atoms with van der Waals surface area (Å²) >= 11 is 2.89. The molecule has 2 N–H and O–H groups in total. The van der Waals surface area contributed by atoms with E-state index in [0.717, 1.165) is 11.3 Å². The van der Waals surface area contributed by atoms with E-state index in [1.54, 1.807) is 10.2 Å². The van der Waals surface area contributed by atoms with E-state index in [1.165, 1.54) is 0 Å². The highest BCUT2D eigenvalue weighted by molar-refractivity contribution is 14.1. The fraction of sp³-hybridized carbons (Fsp3) is 0.333. The molecule has 0 spiro atoms. The van der Waals surface area contributed by atoms with Crippen molar-refractivity contribution in [3.05, 3.63) is 0 Å². The molecule has 0 amide bonds. The van der Waals surface area contributed by atoms with Crippen LogP contribution < -0.4 is 8.25 Å². The number of hydrogen-bond acceptors (Lipinski definition) is 6. The highest BCUT2D eigenvalue weighted by Gasteiger charge is 2.15. The fourth-order valence-electron chi connectivity index (χ4n) is 0.442. The van der Waals surface area contributed by atoms with Crippen molar-refractivity contribution in [1.29, 1.82) is 0 Å². The van der Waals surface area contributed by atoms with E-state index in [2.05, 4.69) is 10.2 Å². The summed E-state index contributed by atoms with van der Waals surface area (Å²) in [6.07, 6.45) is 0. The standard InChI is InChI=1S/C3H5IN4O2S2/c1-8(4)2-6-7-3(11-2)12(5,9)10/h1H3,(H2,5,9,10). The maximum Gasteiger partial charge on any atom is 0.267 e. The molecule has 0 aliphatic heterocycles. The van der Waals surface area contributed by atoms with Gasteiger partial charge in [0, 0.05) is 7.05 Å². The summed E-state index contributed by atoms with van der Waals surface area (Å²) in [5.74, 6) is 0. The minimum Gasteiger partial charge on any atom is -0.292 e. The maximum atomic E-state index is 10.7. The predicted octanol–water partition coefficient (Wildman–Crippen LogP) is -0.0283. The van der Waals surface area contributed by atoms with Crippen molar-refractivity contribution in [2.45, 2.75) is 4.34 Å². The summed E-state index contributed by atoms with van der Waals surface area (Å²) in [4.78, 5) is 0. The van der Waals surface area contributed by atoms with Gasteiger partial charge in [-0.3, -0.25) is 3.11 Å². The Morgan fingerprint density at radius 2 is 2.17 bits per heavy atom. The molecule has 1 heterocycles. The third-order valence-corrected chi connectivity index (χ3v) is 4.00. The van der Waals surface area contributed by atoms with Gasteiger partial charge < -0.3 is 0 Å². The lowest BCUT2D eigenvalue weighted by atomic mass is 11.1. The number of rotatable bonds is 2. The Morgan fingerprint density at radius 1 is 1.58 bits per heavy atom. The highest BCUT2D eigenvalue weighted by Crippen LogP contribution is 2.23. The number of halogens is 1. The van der Waals surface area contributed by atoms with Crippen LogP contribution in [0.1, 0.15) is 0 Å². The first-order chi connectivity index (χ1) is 5.41. The van der Waals surface area contributed by atoms with E-state index in [1.807, 2.05) is 22.9 Å². The molecular formula is C3H5IN4O2S2. The highest BCUT2D eigenvalue weighted by atomic mass is 127. The van der Waals surface area contributed by atoms with Crippen molar-refractivity contribution in [2.24, 2.45) is 5.14 Å². The van der Waals surface area contributed by atoms with Crippen molar-refractivity contribution in [1.82, 2.24) is 10.2 Å². The van der Waals surface area contributed by atoms with Crippen LogP contribution in [0, 0.1) is 0 Å². The number of sulfonamides is 1. The molecule has 6 nitrogen and oxygen atoms in total. The first-order valence-electron chi connectivity index (χ1n) is 2.67. The number of nitrogens with two attached hydrogens (primary N) is 1. The van der Waals surface area contributed by atoms with Crippen molar-refractivity contribution in [2.75, 3.05) is 10.2 Å². The molecule has 0 aliphatic carbocycles. The lowest BCUT2D eigenvalue weighted by Crippen LogP contribution is -2.11. The molecule has 12 heavy (non-hydrogen) atoms. The van der Waals surface area contributed by atoms with Crippen LogP contribution in [0.25, 0.3) is 0 Å². The number of aromatic nitrogens is 2. The Balaban J connectivity index is 3.09. The zero-order chi connectivity index (χ0) is 9.35. The first-order valence-corrected chi connectivity index (χ1v) is 6.00. The summed E-state index contributed by atoms with van der Waals surface area (Å²) in [5, 5.41) is 12.4. The van der Waals surface area contributed by atoms with Gasteiger partial charge >= 0.3 is 0 Å². The molecule has 1 aromatic heterocycles. The molecule has 0 fully saturated rings. The summed E-state index contributed by atoms with van der Waals surface area (Å²) in [6, 6.07) is 0. The molecule has 0 saturated carbocycles. The predicted molar refractivity (Wildman–Crippen MR) is 53.7 cm³/mol. The van der Waals surface area contributed by atoms with Gasteiger partial charge in [-0.15, -0.1) is 10.2 Å². The fourth-order valence-corrected chi connectivity index (χ4v) is 2.12. The molecule has 0 radical (unpaired) electrons. The molecule has 0 saturated heterocycles. The number of hydrogen-bond donors (Lipinski definition) is 1. The third kappa shape index (κ3) is 2.24. The van der Waals surface area contributed by atoms with Crippen LogP contribution >= 0.6 is 34.2 Å². The van der Waals surface area contributed by atoms with E-state index in [9.17, 15) is 8.42 Å². The topological polar surface area (TPSA) is 89.2 Å². The Morgan fingerprint density at radius 3 is 2.42 bits per heavy atom. The van der Waals surface area contributed by atoms with Crippen LogP contribution in [0.2, 0.25) is 0 Å². The van der Waals surface area contributed by atoms with Gasteiger partial charge in [-0.25, -0.2) is 13.6 Å². The van der Waals surface area contributed by atoms with E-state index in [4.69, 9.17) is 5.14 Å². The summed E-state index contributed by atoms with van der Waals surface area (Å²) in [6.45, 7) is 0. The van der Waals surface area contributed by atoms with E-state index in [0.29, 0.717) is 5.13 Å². The minimum atomic E-state index is -3.70. The normalized spacial score (nSPS) is 11.6. The van der Waals surface area contributed by atoms with E-state index < -0.39 is 10.0 Å². The first kappa shape index (κ1) is 10.1. The van der Waals surface area contributed by atoms with Crippen LogP contribution in [0.5, 0.6) is 0 Å². The van der Waals surface area contributed by atoms with E-state index in [-0.39, 0.29) is 4.34 Å². The summed E-state index contributed by atoms with van der Waals surface area (Å²) < 4.78 is 22.9. The largest absolute Gasteiger partial charge is 0.292 e. The van der Waals surface area contributed by atoms with Gasteiger partial charge in [-0.2, -0.15) is 0 Å². The number of nitrogens with zero attached hydrogens (tertiary/aromatic N) is 3. The van der Waals surface area contributed by atoms with Gasteiger partial charge in [0.2, 0.25) is 9.47 Å². The lowest BCUT2D eigenvalue weighted by molar-refractivity contribution is 0.596. The minimum absolute atomic E-state index is 0.166. The van der Waals surface area contributed by atoms with Gasteiger partial charge in [-0.05, 0) is 0 Å². The molecule has 9 heteroatoms. The van der Waals surface area contributed by atoms with Gasteiger partial charge in [0.1, 0.15) is 0 Å². The van der Waals surface area contributed by atoms with Crippen LogP contribution in [0.15, 0.2) is 4.34 Å². The Bertz CT molecular complexity index is 371. The zero-order valence-corrected chi connectivity index (χ0v) is 9.72. The molecule has 0 bridgehead atoms. The smallest absolute Gasteiger partial charge is 0.267 e. The zero-order valence-electron chi connectivity index (χ0n) is 5.93. The molecule has 1 rings (SSSR count). The third-order valence-electron chi connectivity index (χ3n) is 0.903. The SMILES string of the molecule is CN(I)c1nnc(S(N)(=O)=O)s1. The molecule has 0 aliphatic rings. The van der Waals surface area contributed by atoms with Gasteiger partial charge in [0.25, 0.3) is 10.0 Å². The average molecular weight is 320 g/mol. The summed E-state index contributed by atoms with van der Waals surface area (Å²) in [5.41, 5.74) is 0. The monoisotopic (exact) mass is 320 g/mol. The summed E-state index contributed by atoms with van der Waals surface area (Å²) in [7, 11) is -1.97. The second-order valence-corrected chi connectivity index (χ2v) is 6.01. The molecule has 0 atom stereocenters. The van der Waals surface area contributed by atoms with E-state index >= 15 is 0 Å². The van der Waals surface area contributed by atoms with Crippen molar-refractivity contribution in [3.8, 4) is 0 Å². The van der Waals surface area contributed by atoms with Crippen LogP contribution in [-0.2, 0) is 10.0 Å². The van der Waals surface area contributed by atoms with Gasteiger partial charge in [-0.1, -0.05) is 11.3 Å².